The monoisotopic (exact) mass is 274 g/mol. The van der Waals surface area contributed by atoms with Crippen molar-refractivity contribution in [3.8, 4) is 0 Å². The lowest BCUT2D eigenvalue weighted by Crippen LogP contribution is -2.12. The van der Waals surface area contributed by atoms with Crippen molar-refractivity contribution in [3.05, 3.63) is 58.4 Å². The lowest BCUT2D eigenvalue weighted by atomic mass is 10.1. The van der Waals surface area contributed by atoms with Gasteiger partial charge in [-0.15, -0.1) is 0 Å². The van der Waals surface area contributed by atoms with E-state index in [9.17, 15) is 4.79 Å². The van der Waals surface area contributed by atoms with Gasteiger partial charge in [-0.3, -0.25) is 4.79 Å². The third-order valence-electron chi connectivity index (χ3n) is 2.75. The first-order valence-corrected chi connectivity index (χ1v) is 6.51. The van der Waals surface area contributed by atoms with Crippen LogP contribution in [0.15, 0.2) is 36.4 Å². The van der Waals surface area contributed by atoms with Crippen LogP contribution >= 0.6 is 11.6 Å². The Labute approximate surface area is 117 Å². The van der Waals surface area contributed by atoms with Crippen molar-refractivity contribution in [2.45, 2.75) is 20.3 Å². The Morgan fingerprint density at radius 3 is 2.79 bits per heavy atom. The Morgan fingerprint density at radius 2 is 2.11 bits per heavy atom. The van der Waals surface area contributed by atoms with Crippen LogP contribution in [0.5, 0.6) is 0 Å². The highest BCUT2D eigenvalue weighted by Crippen LogP contribution is 2.15. The SMILES string of the molecule is CCc1cc(C(=O)Nc2cccc(C)c2)cc(Cl)n1. The molecule has 0 saturated heterocycles. The van der Waals surface area contributed by atoms with E-state index in [2.05, 4.69) is 10.3 Å². The average molecular weight is 275 g/mol. The molecule has 1 aromatic heterocycles. The van der Waals surface area contributed by atoms with Gasteiger partial charge in [0.1, 0.15) is 5.15 Å². The molecule has 0 aliphatic rings. The molecule has 0 unspecified atom stereocenters. The van der Waals surface area contributed by atoms with Crippen LogP contribution < -0.4 is 5.32 Å². The lowest BCUT2D eigenvalue weighted by molar-refractivity contribution is 0.102. The molecule has 0 fully saturated rings. The van der Waals surface area contributed by atoms with Crippen LogP contribution in [-0.4, -0.2) is 10.9 Å². The molecular weight excluding hydrogens is 260 g/mol. The minimum absolute atomic E-state index is 0.176. The first-order valence-electron chi connectivity index (χ1n) is 6.13. The number of nitrogens with zero attached hydrogens (tertiary/aromatic N) is 1. The summed E-state index contributed by atoms with van der Waals surface area (Å²) in [5.41, 5.74) is 3.20. The van der Waals surface area contributed by atoms with Crippen molar-refractivity contribution >= 4 is 23.2 Å². The molecule has 0 aliphatic heterocycles. The van der Waals surface area contributed by atoms with E-state index in [0.29, 0.717) is 10.7 Å². The molecule has 0 radical (unpaired) electrons. The van der Waals surface area contributed by atoms with E-state index in [1.807, 2.05) is 38.1 Å². The predicted molar refractivity (Wildman–Crippen MR) is 77.8 cm³/mol. The summed E-state index contributed by atoms with van der Waals surface area (Å²) in [6.07, 6.45) is 0.741. The average Bonchev–Trinajstić information content (AvgIpc) is 2.38. The van der Waals surface area contributed by atoms with Crippen LogP contribution in [0.2, 0.25) is 5.15 Å². The van der Waals surface area contributed by atoms with Gasteiger partial charge in [0, 0.05) is 16.9 Å². The van der Waals surface area contributed by atoms with Gasteiger partial charge in [-0.1, -0.05) is 30.7 Å². The summed E-state index contributed by atoms with van der Waals surface area (Å²) in [6, 6.07) is 11.0. The van der Waals surface area contributed by atoms with Gasteiger partial charge in [-0.2, -0.15) is 0 Å². The number of hydrogen-bond donors (Lipinski definition) is 1. The number of pyridine rings is 1. The van der Waals surface area contributed by atoms with Crippen molar-refractivity contribution in [2.24, 2.45) is 0 Å². The molecule has 1 amide bonds. The second-order valence-corrected chi connectivity index (χ2v) is 4.73. The number of aryl methyl sites for hydroxylation is 2. The number of carbonyl (C=O) groups excluding carboxylic acids is 1. The first-order chi connectivity index (χ1) is 9.08. The molecule has 4 heteroatoms. The van der Waals surface area contributed by atoms with E-state index >= 15 is 0 Å². The van der Waals surface area contributed by atoms with E-state index in [-0.39, 0.29) is 5.91 Å². The lowest BCUT2D eigenvalue weighted by Gasteiger charge is -2.07. The van der Waals surface area contributed by atoms with E-state index in [1.165, 1.54) is 0 Å². The summed E-state index contributed by atoms with van der Waals surface area (Å²) >= 11 is 5.91. The van der Waals surface area contributed by atoms with Crippen LogP contribution in [0.25, 0.3) is 0 Å². The van der Waals surface area contributed by atoms with Gasteiger partial charge in [0.2, 0.25) is 0 Å². The molecule has 1 heterocycles. The van der Waals surface area contributed by atoms with Crippen molar-refractivity contribution in [3.63, 3.8) is 0 Å². The molecular formula is C15H15ClN2O. The van der Waals surface area contributed by atoms with Crippen molar-refractivity contribution < 1.29 is 4.79 Å². The molecule has 98 valence electrons. The third kappa shape index (κ3) is 3.55. The molecule has 2 aromatic rings. The fourth-order valence-corrected chi connectivity index (χ4v) is 2.02. The normalized spacial score (nSPS) is 10.3. The summed E-state index contributed by atoms with van der Waals surface area (Å²) in [5, 5.41) is 3.19. The van der Waals surface area contributed by atoms with Gasteiger partial charge in [0.25, 0.3) is 5.91 Å². The highest BCUT2D eigenvalue weighted by atomic mass is 35.5. The standard InChI is InChI=1S/C15H15ClN2O/c1-3-12-8-11(9-14(16)17-12)15(19)18-13-6-4-5-10(2)7-13/h4-9H,3H2,1-2H3,(H,18,19). The fraction of sp³-hybridized carbons (Fsp3) is 0.200. The quantitative estimate of drug-likeness (QED) is 0.864. The maximum Gasteiger partial charge on any atom is 0.255 e. The maximum absolute atomic E-state index is 12.1. The van der Waals surface area contributed by atoms with Crippen LogP contribution in [0, 0.1) is 6.92 Å². The van der Waals surface area contributed by atoms with Gasteiger partial charge in [0.05, 0.1) is 0 Å². The van der Waals surface area contributed by atoms with Crippen LogP contribution in [-0.2, 0) is 6.42 Å². The molecule has 3 nitrogen and oxygen atoms in total. The molecule has 0 bridgehead atoms. The zero-order chi connectivity index (χ0) is 13.8. The number of halogens is 1. The van der Waals surface area contributed by atoms with Crippen molar-refractivity contribution in [1.82, 2.24) is 4.98 Å². The van der Waals surface area contributed by atoms with Crippen molar-refractivity contribution in [2.75, 3.05) is 5.32 Å². The molecule has 1 N–H and O–H groups in total. The zero-order valence-electron chi connectivity index (χ0n) is 10.9. The van der Waals surface area contributed by atoms with E-state index < -0.39 is 0 Å². The van der Waals surface area contributed by atoms with E-state index in [0.717, 1.165) is 23.4 Å². The maximum atomic E-state index is 12.1. The third-order valence-corrected chi connectivity index (χ3v) is 2.94. The number of anilines is 1. The number of amides is 1. The Bertz CT molecular complexity index is 611. The minimum atomic E-state index is -0.176. The van der Waals surface area contributed by atoms with E-state index in [4.69, 9.17) is 11.6 Å². The second kappa shape index (κ2) is 5.85. The molecule has 2 rings (SSSR count). The Hall–Kier alpha value is -1.87. The van der Waals surface area contributed by atoms with Crippen molar-refractivity contribution in [1.29, 1.82) is 0 Å². The summed E-state index contributed by atoms with van der Waals surface area (Å²) in [5.74, 6) is -0.176. The number of benzene rings is 1. The number of aromatic nitrogens is 1. The van der Waals surface area contributed by atoms with Gasteiger partial charge in [-0.05, 0) is 43.2 Å². The molecule has 0 aliphatic carbocycles. The number of nitrogens with one attached hydrogen (secondary N) is 1. The predicted octanol–water partition coefficient (Wildman–Crippen LogP) is 3.86. The van der Waals surface area contributed by atoms with Gasteiger partial charge >= 0.3 is 0 Å². The minimum Gasteiger partial charge on any atom is -0.322 e. The molecule has 0 atom stereocenters. The number of hydrogen-bond acceptors (Lipinski definition) is 2. The molecule has 19 heavy (non-hydrogen) atoms. The number of carbonyl (C=O) groups is 1. The second-order valence-electron chi connectivity index (χ2n) is 4.35. The smallest absolute Gasteiger partial charge is 0.255 e. The highest BCUT2D eigenvalue weighted by Gasteiger charge is 2.09. The summed E-state index contributed by atoms with van der Waals surface area (Å²) in [7, 11) is 0. The van der Waals surface area contributed by atoms with Crippen LogP contribution in [0.1, 0.15) is 28.5 Å². The summed E-state index contributed by atoms with van der Waals surface area (Å²) in [6.45, 7) is 3.95. The van der Waals surface area contributed by atoms with Gasteiger partial charge in [0.15, 0.2) is 0 Å². The highest BCUT2D eigenvalue weighted by molar-refractivity contribution is 6.29. The fourth-order valence-electron chi connectivity index (χ4n) is 1.79. The molecule has 1 aromatic carbocycles. The zero-order valence-corrected chi connectivity index (χ0v) is 11.7. The topological polar surface area (TPSA) is 42.0 Å². The van der Waals surface area contributed by atoms with E-state index in [1.54, 1.807) is 12.1 Å². The largest absolute Gasteiger partial charge is 0.322 e. The van der Waals surface area contributed by atoms with Gasteiger partial charge < -0.3 is 5.32 Å². The summed E-state index contributed by atoms with van der Waals surface area (Å²) < 4.78 is 0. The van der Waals surface area contributed by atoms with Gasteiger partial charge in [-0.25, -0.2) is 4.98 Å². The Kier molecular flexibility index (Phi) is 4.17. The number of rotatable bonds is 3. The first kappa shape index (κ1) is 13.6. The molecule has 0 spiro atoms. The Balaban J connectivity index is 2.22. The van der Waals surface area contributed by atoms with Crippen LogP contribution in [0.4, 0.5) is 5.69 Å². The van der Waals surface area contributed by atoms with Crippen LogP contribution in [0.3, 0.4) is 0 Å². The Morgan fingerprint density at radius 1 is 1.32 bits per heavy atom. The molecule has 0 saturated carbocycles. The summed E-state index contributed by atoms with van der Waals surface area (Å²) in [4.78, 5) is 16.3.